The van der Waals surface area contributed by atoms with E-state index in [0.717, 1.165) is 23.4 Å². The van der Waals surface area contributed by atoms with E-state index >= 15 is 0 Å². The molecule has 0 aliphatic carbocycles. The first-order chi connectivity index (χ1) is 13.5. The maximum absolute atomic E-state index is 12.2. The normalized spacial score (nSPS) is 11.0. The van der Waals surface area contributed by atoms with Gasteiger partial charge in [-0.1, -0.05) is 55.8 Å². The number of anilines is 1. The highest BCUT2D eigenvalue weighted by Crippen LogP contribution is 2.27. The smallest absolute Gasteiger partial charge is 0.226 e. The van der Waals surface area contributed by atoms with Crippen LogP contribution in [0.25, 0.3) is 11.3 Å². The summed E-state index contributed by atoms with van der Waals surface area (Å²) >= 11 is 3.26. The lowest BCUT2D eigenvalue weighted by atomic mass is 10.0. The van der Waals surface area contributed by atoms with E-state index < -0.39 is 0 Å². The minimum absolute atomic E-state index is 0.0283. The zero-order chi connectivity index (χ0) is 19.9. The van der Waals surface area contributed by atoms with Gasteiger partial charge in [0.15, 0.2) is 5.13 Å². The molecule has 0 saturated carbocycles. The van der Waals surface area contributed by atoms with E-state index in [0.29, 0.717) is 17.5 Å². The molecule has 3 nitrogen and oxygen atoms in total. The fourth-order valence-corrected chi connectivity index (χ4v) is 4.33. The molecule has 0 spiro atoms. The van der Waals surface area contributed by atoms with E-state index in [2.05, 4.69) is 79.6 Å². The number of thioether (sulfide) groups is 1. The van der Waals surface area contributed by atoms with Gasteiger partial charge in [0.25, 0.3) is 0 Å². The SMILES string of the molecule is Cc1ccc(SCCCC(=O)Nc2nc(-c3ccc(C(C)C)cc3)cs2)cc1. The Morgan fingerprint density at radius 1 is 1.11 bits per heavy atom. The number of nitrogens with zero attached hydrogens (tertiary/aromatic N) is 1. The zero-order valence-corrected chi connectivity index (χ0v) is 18.2. The molecule has 146 valence electrons. The molecule has 0 radical (unpaired) electrons. The van der Waals surface area contributed by atoms with Gasteiger partial charge in [0.1, 0.15) is 0 Å². The Morgan fingerprint density at radius 2 is 1.82 bits per heavy atom. The lowest BCUT2D eigenvalue weighted by molar-refractivity contribution is -0.116. The summed E-state index contributed by atoms with van der Waals surface area (Å²) in [5.41, 5.74) is 4.57. The number of carbonyl (C=O) groups excluding carboxylic acids is 1. The molecular formula is C23H26N2OS2. The molecule has 0 atom stereocenters. The van der Waals surface area contributed by atoms with Gasteiger partial charge in [-0.3, -0.25) is 4.79 Å². The van der Waals surface area contributed by atoms with E-state index in [1.54, 1.807) is 11.8 Å². The van der Waals surface area contributed by atoms with Crippen molar-refractivity contribution in [3.8, 4) is 11.3 Å². The number of carbonyl (C=O) groups is 1. The summed E-state index contributed by atoms with van der Waals surface area (Å²) in [6, 6.07) is 17.0. The van der Waals surface area contributed by atoms with Crippen LogP contribution in [0.5, 0.6) is 0 Å². The van der Waals surface area contributed by atoms with Gasteiger partial charge in [-0.15, -0.1) is 23.1 Å². The van der Waals surface area contributed by atoms with Crippen molar-refractivity contribution in [1.29, 1.82) is 0 Å². The summed E-state index contributed by atoms with van der Waals surface area (Å²) in [5, 5.41) is 5.59. The van der Waals surface area contributed by atoms with Crippen molar-refractivity contribution in [1.82, 2.24) is 4.98 Å². The van der Waals surface area contributed by atoms with Crippen molar-refractivity contribution in [2.24, 2.45) is 0 Å². The number of thiazole rings is 1. The molecule has 3 rings (SSSR count). The number of aryl methyl sites for hydroxylation is 1. The standard InChI is InChI=1S/C23H26N2OS2/c1-16(2)18-8-10-19(11-9-18)21-15-28-23(24-21)25-22(26)5-4-14-27-20-12-6-17(3)7-13-20/h6-13,15-16H,4-5,14H2,1-3H3,(H,24,25,26). The number of rotatable bonds is 8. The predicted molar refractivity (Wildman–Crippen MR) is 121 cm³/mol. The monoisotopic (exact) mass is 410 g/mol. The second-order valence-corrected chi connectivity index (χ2v) is 9.15. The summed E-state index contributed by atoms with van der Waals surface area (Å²) < 4.78 is 0. The van der Waals surface area contributed by atoms with Gasteiger partial charge in [-0.05, 0) is 42.7 Å². The van der Waals surface area contributed by atoms with Gasteiger partial charge in [0.05, 0.1) is 5.69 Å². The summed E-state index contributed by atoms with van der Waals surface area (Å²) in [6.07, 6.45) is 1.36. The highest BCUT2D eigenvalue weighted by Gasteiger charge is 2.09. The molecule has 0 unspecified atom stereocenters. The molecule has 1 aromatic heterocycles. The van der Waals surface area contributed by atoms with Gasteiger partial charge in [0.2, 0.25) is 5.91 Å². The van der Waals surface area contributed by atoms with E-state index in [-0.39, 0.29) is 5.91 Å². The fraction of sp³-hybridized carbons (Fsp3) is 0.304. The predicted octanol–water partition coefficient (Wildman–Crippen LogP) is 6.75. The zero-order valence-electron chi connectivity index (χ0n) is 16.6. The third-order valence-corrected chi connectivity index (χ3v) is 6.32. The highest BCUT2D eigenvalue weighted by atomic mass is 32.2. The average molecular weight is 411 g/mol. The largest absolute Gasteiger partial charge is 0.302 e. The average Bonchev–Trinajstić information content (AvgIpc) is 3.15. The Balaban J connectivity index is 1.45. The maximum Gasteiger partial charge on any atom is 0.226 e. The minimum atomic E-state index is 0.0283. The van der Waals surface area contributed by atoms with Crippen molar-refractivity contribution in [3.63, 3.8) is 0 Å². The maximum atomic E-state index is 12.2. The molecule has 0 aliphatic rings. The van der Waals surface area contributed by atoms with Crippen molar-refractivity contribution >= 4 is 34.1 Å². The van der Waals surface area contributed by atoms with Gasteiger partial charge < -0.3 is 5.32 Å². The van der Waals surface area contributed by atoms with E-state index in [1.807, 2.05) is 5.38 Å². The molecule has 1 heterocycles. The topological polar surface area (TPSA) is 42.0 Å². The van der Waals surface area contributed by atoms with Crippen LogP contribution in [0.2, 0.25) is 0 Å². The first-order valence-corrected chi connectivity index (χ1v) is 11.4. The Labute approximate surface area is 175 Å². The molecule has 3 aromatic rings. The number of amides is 1. The Bertz CT molecular complexity index is 899. The van der Waals surface area contributed by atoms with Crippen LogP contribution >= 0.6 is 23.1 Å². The summed E-state index contributed by atoms with van der Waals surface area (Å²) in [5.74, 6) is 1.48. The Kier molecular flexibility index (Phi) is 7.29. The number of nitrogens with one attached hydrogen (secondary N) is 1. The van der Waals surface area contributed by atoms with Gasteiger partial charge in [-0.2, -0.15) is 0 Å². The second kappa shape index (κ2) is 9.89. The van der Waals surface area contributed by atoms with Crippen LogP contribution < -0.4 is 5.32 Å². The lowest BCUT2D eigenvalue weighted by Crippen LogP contribution is -2.11. The summed E-state index contributed by atoms with van der Waals surface area (Å²) in [4.78, 5) is 18.0. The molecule has 0 saturated heterocycles. The Morgan fingerprint density at radius 3 is 2.50 bits per heavy atom. The second-order valence-electron chi connectivity index (χ2n) is 7.13. The van der Waals surface area contributed by atoms with Gasteiger partial charge in [-0.25, -0.2) is 4.98 Å². The number of hydrogen-bond acceptors (Lipinski definition) is 4. The van der Waals surface area contributed by atoms with Crippen LogP contribution in [0, 0.1) is 6.92 Å². The van der Waals surface area contributed by atoms with Crippen LogP contribution in [0.15, 0.2) is 58.8 Å². The van der Waals surface area contributed by atoms with Crippen molar-refractivity contribution in [2.75, 3.05) is 11.1 Å². The molecule has 1 amide bonds. The highest BCUT2D eigenvalue weighted by molar-refractivity contribution is 7.99. The van der Waals surface area contributed by atoms with Crippen LogP contribution in [0.4, 0.5) is 5.13 Å². The van der Waals surface area contributed by atoms with Gasteiger partial charge >= 0.3 is 0 Å². The van der Waals surface area contributed by atoms with Crippen LogP contribution in [0.1, 0.15) is 43.7 Å². The van der Waals surface area contributed by atoms with Crippen LogP contribution in [-0.4, -0.2) is 16.6 Å². The Hall–Kier alpha value is -2.11. The molecule has 5 heteroatoms. The summed E-state index contributed by atoms with van der Waals surface area (Å²) in [7, 11) is 0. The quantitative estimate of drug-likeness (QED) is 0.330. The third kappa shape index (κ3) is 5.94. The lowest BCUT2D eigenvalue weighted by Gasteiger charge is -2.05. The number of aromatic nitrogens is 1. The fourth-order valence-electron chi connectivity index (χ4n) is 2.74. The molecule has 28 heavy (non-hydrogen) atoms. The summed E-state index contributed by atoms with van der Waals surface area (Å²) in [6.45, 7) is 6.46. The van der Waals surface area contributed by atoms with Gasteiger partial charge in [0, 0.05) is 22.3 Å². The molecule has 2 aromatic carbocycles. The van der Waals surface area contributed by atoms with Crippen LogP contribution in [-0.2, 0) is 4.79 Å². The number of benzene rings is 2. The first-order valence-electron chi connectivity index (χ1n) is 9.56. The molecule has 0 aliphatic heterocycles. The molecule has 0 bridgehead atoms. The van der Waals surface area contributed by atoms with E-state index in [1.165, 1.54) is 27.4 Å². The molecule has 1 N–H and O–H groups in total. The van der Waals surface area contributed by atoms with Crippen molar-refractivity contribution < 1.29 is 4.79 Å². The van der Waals surface area contributed by atoms with Crippen molar-refractivity contribution in [2.45, 2.75) is 44.4 Å². The molecular weight excluding hydrogens is 384 g/mol. The molecule has 0 fully saturated rings. The number of hydrogen-bond donors (Lipinski definition) is 1. The first kappa shape index (κ1) is 20.6. The minimum Gasteiger partial charge on any atom is -0.302 e. The van der Waals surface area contributed by atoms with Crippen molar-refractivity contribution in [3.05, 3.63) is 65.0 Å². The third-order valence-electron chi connectivity index (χ3n) is 4.46. The van der Waals surface area contributed by atoms with Crippen LogP contribution in [0.3, 0.4) is 0 Å². The van der Waals surface area contributed by atoms with E-state index in [9.17, 15) is 4.79 Å². The van der Waals surface area contributed by atoms with E-state index in [4.69, 9.17) is 0 Å².